The Morgan fingerprint density at radius 3 is 2.57 bits per heavy atom. The minimum absolute atomic E-state index is 0.00105. The van der Waals surface area contributed by atoms with E-state index in [1.54, 1.807) is 0 Å². The second-order valence-corrected chi connectivity index (χ2v) is 8.53. The summed E-state index contributed by atoms with van der Waals surface area (Å²) in [6, 6.07) is 3.60. The minimum Gasteiger partial charge on any atom is -0.602 e. The summed E-state index contributed by atoms with van der Waals surface area (Å²) in [5.41, 5.74) is 5.25. The van der Waals surface area contributed by atoms with E-state index in [4.69, 9.17) is 14.7 Å². The Hall–Kier alpha value is -3.13. The van der Waals surface area contributed by atoms with Gasteiger partial charge in [-0.3, -0.25) is 0 Å². The van der Waals surface area contributed by atoms with E-state index in [-0.39, 0.29) is 27.7 Å². The molecular weight excluding hydrogens is 493 g/mol. The largest absolute Gasteiger partial charge is 0.602 e. The molecule has 0 amide bonds. The second kappa shape index (κ2) is 10.2. The van der Waals surface area contributed by atoms with Gasteiger partial charge in [-0.25, -0.2) is 13.2 Å². The van der Waals surface area contributed by atoms with Crippen LogP contribution >= 0.6 is 11.8 Å². The fourth-order valence-electron chi connectivity index (χ4n) is 3.56. The number of hydrazine groups is 1. The van der Waals surface area contributed by atoms with Crippen molar-refractivity contribution >= 4 is 17.5 Å². The Bertz CT molecular complexity index is 1160. The van der Waals surface area contributed by atoms with E-state index in [0.717, 1.165) is 23.9 Å². The molecule has 186 valence electrons. The molecule has 2 aliphatic rings. The molecule has 35 heavy (non-hydrogen) atoms. The summed E-state index contributed by atoms with van der Waals surface area (Å²) in [6.45, 7) is -0.597. The number of nitrogens with one attached hydrogen (secondary N) is 1. The molecule has 3 unspecified atom stereocenters. The van der Waals surface area contributed by atoms with Crippen LogP contribution in [0.4, 0.5) is 13.2 Å². The van der Waals surface area contributed by atoms with Crippen LogP contribution < -0.4 is 10.3 Å². The van der Waals surface area contributed by atoms with E-state index in [1.165, 1.54) is 24.4 Å². The van der Waals surface area contributed by atoms with Gasteiger partial charge in [0, 0.05) is 12.3 Å². The third-order valence-electron chi connectivity index (χ3n) is 5.30. The van der Waals surface area contributed by atoms with Gasteiger partial charge in [-0.05, 0) is 17.7 Å². The smallest absolute Gasteiger partial charge is 0.204 e. The maximum atomic E-state index is 13.6. The lowest BCUT2D eigenvalue weighted by Gasteiger charge is -2.46. The van der Waals surface area contributed by atoms with E-state index in [9.17, 15) is 28.5 Å². The highest BCUT2D eigenvalue weighted by atomic mass is 32.2. The van der Waals surface area contributed by atoms with Crippen molar-refractivity contribution in [3.05, 3.63) is 58.5 Å². The number of rotatable bonds is 6. The van der Waals surface area contributed by atoms with Crippen LogP contribution in [0.2, 0.25) is 0 Å². The summed E-state index contributed by atoms with van der Waals surface area (Å²) in [5, 5.41) is 49.5. The fourth-order valence-corrected chi connectivity index (χ4v) is 4.56. The number of aliphatic hydroxyl groups is 3. The second-order valence-electron chi connectivity index (χ2n) is 7.41. The molecule has 5 atom stereocenters. The van der Waals surface area contributed by atoms with Gasteiger partial charge in [-0.15, -0.1) is 15.9 Å². The molecule has 4 N–H and O–H groups in total. The van der Waals surface area contributed by atoms with E-state index in [0.29, 0.717) is 0 Å². The summed E-state index contributed by atoms with van der Waals surface area (Å²) in [7, 11) is 1.34. The number of thioether (sulfide) groups is 1. The van der Waals surface area contributed by atoms with Crippen molar-refractivity contribution in [2.75, 3.05) is 13.7 Å². The zero-order valence-corrected chi connectivity index (χ0v) is 18.7. The predicted molar refractivity (Wildman–Crippen MR) is 113 cm³/mol. The summed E-state index contributed by atoms with van der Waals surface area (Å²) in [6.07, 6.45) is -2.71. The van der Waals surface area contributed by atoms with E-state index >= 15 is 0 Å². The quantitative estimate of drug-likeness (QED) is 0.406. The molecule has 0 saturated carbocycles. The van der Waals surface area contributed by atoms with Crippen LogP contribution in [0.5, 0.6) is 5.75 Å². The van der Waals surface area contributed by atoms with Gasteiger partial charge in [-0.2, -0.15) is 5.26 Å². The monoisotopic (exact) mass is 511 g/mol. The third kappa shape index (κ3) is 4.85. The van der Waals surface area contributed by atoms with Crippen LogP contribution in [-0.2, 0) is 4.74 Å². The molecule has 15 heteroatoms. The normalized spacial score (nSPS) is 26.2. The van der Waals surface area contributed by atoms with Crippen molar-refractivity contribution in [2.45, 2.75) is 34.8 Å². The fraction of sp³-hybridized carbons (Fsp3) is 0.350. The maximum absolute atomic E-state index is 13.6. The molecule has 1 fully saturated rings. The van der Waals surface area contributed by atoms with Crippen LogP contribution in [0.25, 0.3) is 11.1 Å². The van der Waals surface area contributed by atoms with Crippen molar-refractivity contribution in [1.29, 1.82) is 5.26 Å². The lowest BCUT2D eigenvalue weighted by atomic mass is 9.97. The number of nitrogens with zero attached hydrogens (tertiary/aromatic N) is 5. The minimum atomic E-state index is -1.62. The van der Waals surface area contributed by atoms with Crippen LogP contribution in [0.3, 0.4) is 0 Å². The first-order valence-electron chi connectivity index (χ1n) is 9.99. The zero-order valence-electron chi connectivity index (χ0n) is 17.8. The standard InChI is InChI=1S/C20H18F3N6O5S/c1-33-13-4-15(27-25-11(13)5-24)35-20-19(32)17(18(31)14(7-30)34-20)29-6-12(26-28-29)8-2-9(21)16(23)10(22)3-8/h2-4,6,14,17-20,28,30-32H,7H2,1H3/q-1/t14?,17?,18-,19?,20+/m0/s1. The molecule has 0 radical (unpaired) electrons. The molecule has 0 spiro atoms. The number of nitriles is 1. The van der Waals surface area contributed by atoms with Gasteiger partial charge in [0.15, 0.2) is 23.2 Å². The van der Waals surface area contributed by atoms with Gasteiger partial charge < -0.3 is 40.8 Å². The number of hydrogen-bond acceptors (Lipinski definition) is 11. The molecule has 1 aromatic heterocycles. The summed E-state index contributed by atoms with van der Waals surface area (Å²) < 4.78 is 51.3. The van der Waals surface area contributed by atoms with Crippen LogP contribution in [0, 0.1) is 28.8 Å². The first-order chi connectivity index (χ1) is 16.8. The number of aliphatic hydroxyl groups excluding tert-OH is 3. The molecule has 1 saturated heterocycles. The average Bonchev–Trinajstić information content (AvgIpc) is 3.33. The topological polar surface area (TPSA) is 158 Å². The highest BCUT2D eigenvalue weighted by Crippen LogP contribution is 2.37. The molecule has 0 bridgehead atoms. The van der Waals surface area contributed by atoms with Gasteiger partial charge in [0.1, 0.15) is 40.9 Å². The highest BCUT2D eigenvalue weighted by molar-refractivity contribution is 7.99. The van der Waals surface area contributed by atoms with Gasteiger partial charge >= 0.3 is 0 Å². The lowest BCUT2D eigenvalue weighted by molar-refractivity contribution is -0.187. The summed E-state index contributed by atoms with van der Waals surface area (Å²) in [4.78, 5) is 0. The Balaban J connectivity index is 1.59. The van der Waals surface area contributed by atoms with E-state index in [1.807, 2.05) is 6.07 Å². The molecule has 2 aromatic rings. The van der Waals surface area contributed by atoms with Crippen LogP contribution in [0.1, 0.15) is 11.3 Å². The first kappa shape index (κ1) is 25.0. The predicted octanol–water partition coefficient (Wildman–Crippen LogP) is 0.781. The number of aromatic nitrogens is 2. The van der Waals surface area contributed by atoms with E-state index in [2.05, 4.69) is 21.2 Å². The van der Waals surface area contributed by atoms with Crippen molar-refractivity contribution in [3.63, 3.8) is 0 Å². The maximum Gasteiger partial charge on any atom is 0.204 e. The highest BCUT2D eigenvalue weighted by Gasteiger charge is 2.47. The Morgan fingerprint density at radius 1 is 1.23 bits per heavy atom. The Labute approximate surface area is 200 Å². The Kier molecular flexibility index (Phi) is 7.31. The van der Waals surface area contributed by atoms with Crippen molar-refractivity contribution in [1.82, 2.24) is 20.7 Å². The molecule has 4 rings (SSSR count). The van der Waals surface area contributed by atoms with Gasteiger partial charge in [0.25, 0.3) is 0 Å². The number of hydrogen-bond donors (Lipinski definition) is 4. The number of methoxy groups -OCH3 is 1. The molecular formula is C20H18F3N6O5S-. The van der Waals surface area contributed by atoms with Crippen molar-refractivity contribution in [3.8, 4) is 11.8 Å². The number of ether oxygens (including phenoxy) is 2. The molecule has 2 aliphatic heterocycles. The van der Waals surface area contributed by atoms with E-state index < -0.39 is 53.8 Å². The van der Waals surface area contributed by atoms with Gasteiger partial charge in [-0.1, -0.05) is 11.8 Å². The summed E-state index contributed by atoms with van der Waals surface area (Å²) in [5.74, 6) is -4.29. The van der Waals surface area contributed by atoms with Gasteiger partial charge in [0.05, 0.1) is 13.7 Å². The van der Waals surface area contributed by atoms with Gasteiger partial charge in [0.2, 0.25) is 5.69 Å². The van der Waals surface area contributed by atoms with Crippen molar-refractivity contribution < 1.29 is 38.0 Å². The average molecular weight is 511 g/mol. The summed E-state index contributed by atoms with van der Waals surface area (Å²) >= 11 is 0.904. The molecule has 0 aliphatic carbocycles. The van der Waals surface area contributed by atoms with Crippen LogP contribution in [0.15, 0.2) is 29.4 Å². The zero-order chi connectivity index (χ0) is 25.3. The van der Waals surface area contributed by atoms with Crippen molar-refractivity contribution in [2.24, 2.45) is 0 Å². The molecule has 1 aromatic carbocycles. The van der Waals surface area contributed by atoms with Crippen LogP contribution in [-0.4, -0.2) is 74.0 Å². The number of benzene rings is 1. The first-order valence-corrected chi connectivity index (χ1v) is 10.9. The Morgan fingerprint density at radius 2 is 1.94 bits per heavy atom. The third-order valence-corrected chi connectivity index (χ3v) is 6.36. The molecule has 3 heterocycles. The lowest BCUT2D eigenvalue weighted by Crippen LogP contribution is -2.64. The SMILES string of the molecule is COc1cc(S[C@H]2OC(CO)[C@H](O)C(N3C=C(c4cc(F)c(F)c(F)c4)[N-]N3)C2O)nnc1C#N. The molecule has 11 nitrogen and oxygen atoms in total. The number of halogens is 3.